The Bertz CT molecular complexity index is 474. The van der Waals surface area contributed by atoms with E-state index in [1.54, 1.807) is 0 Å². The predicted molar refractivity (Wildman–Crippen MR) is 65.3 cm³/mol. The standard InChI is InChI=1S/C11H17NO6S/c13-10(5-8-1-4-19(16,17)7-8)12-2-3-18-6-9(12)11(14)15/h8-9H,1-7H2,(H,14,15). The minimum Gasteiger partial charge on any atom is -0.480 e. The van der Waals surface area contributed by atoms with Gasteiger partial charge in [0.1, 0.15) is 0 Å². The van der Waals surface area contributed by atoms with E-state index in [-0.39, 0.29) is 42.9 Å². The summed E-state index contributed by atoms with van der Waals surface area (Å²) in [5.41, 5.74) is 0. The molecule has 2 fully saturated rings. The van der Waals surface area contributed by atoms with Crippen LogP contribution in [0.4, 0.5) is 0 Å². The Balaban J connectivity index is 1.97. The maximum Gasteiger partial charge on any atom is 0.328 e. The van der Waals surface area contributed by atoms with Crippen molar-refractivity contribution in [2.45, 2.75) is 18.9 Å². The number of carbonyl (C=O) groups excluding carboxylic acids is 1. The molecule has 2 atom stereocenters. The van der Waals surface area contributed by atoms with E-state index in [1.165, 1.54) is 4.90 Å². The third-order valence-electron chi connectivity index (χ3n) is 3.52. The summed E-state index contributed by atoms with van der Waals surface area (Å²) in [5.74, 6) is -1.42. The highest BCUT2D eigenvalue weighted by Gasteiger charge is 2.36. The molecular weight excluding hydrogens is 274 g/mol. The molecule has 1 N–H and O–H groups in total. The largest absolute Gasteiger partial charge is 0.480 e. The van der Waals surface area contributed by atoms with Crippen LogP contribution in [0.5, 0.6) is 0 Å². The number of carbonyl (C=O) groups is 2. The molecule has 0 bridgehead atoms. The summed E-state index contributed by atoms with van der Waals surface area (Å²) in [6.45, 7) is 0.553. The molecule has 1 amide bonds. The summed E-state index contributed by atoms with van der Waals surface area (Å²) < 4.78 is 27.7. The van der Waals surface area contributed by atoms with Crippen molar-refractivity contribution >= 4 is 21.7 Å². The number of aliphatic carboxylic acids is 1. The number of rotatable bonds is 3. The van der Waals surface area contributed by atoms with Crippen molar-refractivity contribution in [2.75, 3.05) is 31.3 Å². The average Bonchev–Trinajstić information content (AvgIpc) is 2.68. The highest BCUT2D eigenvalue weighted by Crippen LogP contribution is 2.23. The molecule has 2 saturated heterocycles. The van der Waals surface area contributed by atoms with Crippen molar-refractivity contribution in [1.82, 2.24) is 4.90 Å². The minimum atomic E-state index is -3.01. The van der Waals surface area contributed by atoms with Crippen molar-refractivity contribution in [3.63, 3.8) is 0 Å². The van der Waals surface area contributed by atoms with Crippen LogP contribution in [0.2, 0.25) is 0 Å². The number of amides is 1. The van der Waals surface area contributed by atoms with E-state index in [9.17, 15) is 18.0 Å². The molecular formula is C11H17NO6S. The zero-order valence-corrected chi connectivity index (χ0v) is 11.3. The number of ether oxygens (including phenoxy) is 1. The maximum absolute atomic E-state index is 12.1. The molecule has 8 heteroatoms. The lowest BCUT2D eigenvalue weighted by molar-refractivity contribution is -0.158. The van der Waals surface area contributed by atoms with Crippen LogP contribution in [-0.4, -0.2) is 67.6 Å². The number of carboxylic acids is 1. The molecule has 0 saturated carbocycles. The Morgan fingerprint density at radius 2 is 2.11 bits per heavy atom. The van der Waals surface area contributed by atoms with E-state index in [1.807, 2.05) is 0 Å². The normalized spacial score (nSPS) is 30.2. The predicted octanol–water partition coefficient (Wildman–Crippen LogP) is -0.877. The van der Waals surface area contributed by atoms with Gasteiger partial charge in [0.15, 0.2) is 15.9 Å². The van der Waals surface area contributed by atoms with Gasteiger partial charge >= 0.3 is 5.97 Å². The molecule has 7 nitrogen and oxygen atoms in total. The van der Waals surface area contributed by atoms with E-state index in [4.69, 9.17) is 9.84 Å². The lowest BCUT2D eigenvalue weighted by Crippen LogP contribution is -2.52. The molecule has 0 spiro atoms. The number of sulfone groups is 1. The fourth-order valence-electron chi connectivity index (χ4n) is 2.50. The van der Waals surface area contributed by atoms with Crippen LogP contribution in [0.25, 0.3) is 0 Å². The van der Waals surface area contributed by atoms with Crippen LogP contribution in [0.1, 0.15) is 12.8 Å². The molecule has 2 unspecified atom stereocenters. The minimum absolute atomic E-state index is 0.00988. The highest BCUT2D eigenvalue weighted by molar-refractivity contribution is 7.91. The molecule has 19 heavy (non-hydrogen) atoms. The molecule has 0 aromatic heterocycles. The summed E-state index contributed by atoms with van der Waals surface area (Å²) in [4.78, 5) is 24.4. The quantitative estimate of drug-likeness (QED) is 0.725. The summed E-state index contributed by atoms with van der Waals surface area (Å²) >= 11 is 0. The molecule has 0 aliphatic carbocycles. The first-order chi connectivity index (χ1) is 8.89. The molecule has 2 rings (SSSR count). The molecule has 0 aromatic carbocycles. The van der Waals surface area contributed by atoms with Gasteiger partial charge in [-0.3, -0.25) is 4.79 Å². The van der Waals surface area contributed by atoms with Gasteiger partial charge < -0.3 is 14.7 Å². The third-order valence-corrected chi connectivity index (χ3v) is 5.36. The fourth-order valence-corrected chi connectivity index (χ4v) is 4.37. The van der Waals surface area contributed by atoms with Crippen molar-refractivity contribution in [3.8, 4) is 0 Å². The summed E-state index contributed by atoms with van der Waals surface area (Å²) in [6.07, 6.45) is 0.583. The van der Waals surface area contributed by atoms with Gasteiger partial charge in [0, 0.05) is 13.0 Å². The van der Waals surface area contributed by atoms with Crippen molar-refractivity contribution in [1.29, 1.82) is 0 Å². The van der Waals surface area contributed by atoms with Crippen LogP contribution in [0.3, 0.4) is 0 Å². The van der Waals surface area contributed by atoms with Crippen LogP contribution >= 0.6 is 0 Å². The number of carboxylic acid groups (broad SMARTS) is 1. The number of nitrogens with zero attached hydrogens (tertiary/aromatic N) is 1. The van der Waals surface area contributed by atoms with Gasteiger partial charge in [-0.1, -0.05) is 0 Å². The second-order valence-electron chi connectivity index (χ2n) is 4.99. The van der Waals surface area contributed by atoms with Gasteiger partial charge in [-0.2, -0.15) is 0 Å². The Morgan fingerprint density at radius 3 is 2.68 bits per heavy atom. The van der Waals surface area contributed by atoms with Gasteiger partial charge in [-0.05, 0) is 12.3 Å². The molecule has 2 aliphatic rings. The highest BCUT2D eigenvalue weighted by atomic mass is 32.2. The topological polar surface area (TPSA) is 101 Å². The Morgan fingerprint density at radius 1 is 1.37 bits per heavy atom. The number of morpholine rings is 1. The van der Waals surface area contributed by atoms with Gasteiger partial charge in [0.2, 0.25) is 5.91 Å². The molecule has 108 valence electrons. The summed E-state index contributed by atoms with van der Waals surface area (Å²) in [7, 11) is -3.01. The van der Waals surface area contributed by atoms with Crippen LogP contribution in [-0.2, 0) is 24.2 Å². The lowest BCUT2D eigenvalue weighted by atomic mass is 10.0. The zero-order chi connectivity index (χ0) is 14.0. The Kier molecular flexibility index (Phi) is 4.10. The van der Waals surface area contributed by atoms with E-state index in [0.717, 1.165) is 0 Å². The Labute approximate surface area is 111 Å². The van der Waals surface area contributed by atoms with Crippen LogP contribution in [0, 0.1) is 5.92 Å². The van der Waals surface area contributed by atoms with Gasteiger partial charge in [0.25, 0.3) is 0 Å². The SMILES string of the molecule is O=C(O)C1COCCN1C(=O)CC1CCS(=O)(=O)C1. The first-order valence-electron chi connectivity index (χ1n) is 6.19. The van der Waals surface area contributed by atoms with E-state index in [2.05, 4.69) is 0 Å². The van der Waals surface area contributed by atoms with Crippen molar-refractivity contribution in [3.05, 3.63) is 0 Å². The average molecular weight is 291 g/mol. The summed E-state index contributed by atoms with van der Waals surface area (Å²) in [6, 6.07) is -0.959. The zero-order valence-electron chi connectivity index (χ0n) is 10.4. The fraction of sp³-hybridized carbons (Fsp3) is 0.818. The first kappa shape index (κ1) is 14.3. The molecule has 2 heterocycles. The maximum atomic E-state index is 12.1. The molecule has 0 radical (unpaired) electrons. The Hall–Kier alpha value is -1.15. The van der Waals surface area contributed by atoms with Gasteiger partial charge in [0.05, 0.1) is 24.7 Å². The monoisotopic (exact) mass is 291 g/mol. The van der Waals surface area contributed by atoms with Gasteiger partial charge in [-0.15, -0.1) is 0 Å². The third kappa shape index (κ3) is 3.44. The summed E-state index contributed by atoms with van der Waals surface area (Å²) in [5, 5.41) is 9.03. The molecule has 0 aromatic rings. The van der Waals surface area contributed by atoms with Crippen LogP contribution < -0.4 is 0 Å². The number of hydrogen-bond donors (Lipinski definition) is 1. The molecule has 2 aliphatic heterocycles. The van der Waals surface area contributed by atoms with E-state index >= 15 is 0 Å². The van der Waals surface area contributed by atoms with Crippen molar-refractivity contribution < 1.29 is 27.9 Å². The van der Waals surface area contributed by atoms with Gasteiger partial charge in [-0.25, -0.2) is 13.2 Å². The number of hydrogen-bond acceptors (Lipinski definition) is 5. The first-order valence-corrected chi connectivity index (χ1v) is 8.01. The van der Waals surface area contributed by atoms with Crippen molar-refractivity contribution in [2.24, 2.45) is 5.92 Å². The van der Waals surface area contributed by atoms with Crippen LogP contribution in [0.15, 0.2) is 0 Å². The van der Waals surface area contributed by atoms with E-state index < -0.39 is 21.8 Å². The second kappa shape index (κ2) is 5.46. The van der Waals surface area contributed by atoms with E-state index in [0.29, 0.717) is 13.0 Å². The smallest absolute Gasteiger partial charge is 0.328 e. The second-order valence-corrected chi connectivity index (χ2v) is 7.22. The lowest BCUT2D eigenvalue weighted by Gasteiger charge is -2.33.